The van der Waals surface area contributed by atoms with Crippen LogP contribution < -0.4 is 0 Å². The fourth-order valence-electron chi connectivity index (χ4n) is 4.47. The molecule has 0 aliphatic heterocycles. The van der Waals surface area contributed by atoms with Crippen molar-refractivity contribution in [3.8, 4) is 0 Å². The lowest BCUT2D eigenvalue weighted by Gasteiger charge is -2.34. The van der Waals surface area contributed by atoms with E-state index in [1.807, 2.05) is 6.07 Å². The Kier molecular flexibility index (Phi) is 6.56. The van der Waals surface area contributed by atoms with Crippen LogP contribution >= 0.6 is 0 Å². The van der Waals surface area contributed by atoms with E-state index in [-0.39, 0.29) is 18.0 Å². The van der Waals surface area contributed by atoms with Crippen LogP contribution in [0.15, 0.2) is 24.3 Å². The smallest absolute Gasteiger partial charge is 0.243 e. The van der Waals surface area contributed by atoms with Gasteiger partial charge in [-0.25, -0.2) is 4.98 Å². The van der Waals surface area contributed by atoms with Crippen molar-refractivity contribution in [2.45, 2.75) is 97.2 Å². The van der Waals surface area contributed by atoms with E-state index >= 15 is 0 Å². The van der Waals surface area contributed by atoms with Crippen LogP contribution in [0, 0.1) is 0 Å². The lowest BCUT2D eigenvalue weighted by Crippen LogP contribution is -2.46. The van der Waals surface area contributed by atoms with Crippen LogP contribution in [0.3, 0.4) is 0 Å². The molecule has 1 heterocycles. The Morgan fingerprint density at radius 3 is 2.37 bits per heavy atom. The maximum Gasteiger partial charge on any atom is 0.243 e. The van der Waals surface area contributed by atoms with Crippen LogP contribution in [0.2, 0.25) is 0 Å². The highest BCUT2D eigenvalue weighted by molar-refractivity contribution is 5.81. The third-order valence-electron chi connectivity index (χ3n) is 6.37. The second-order valence-electron chi connectivity index (χ2n) is 8.20. The van der Waals surface area contributed by atoms with Crippen LogP contribution in [-0.4, -0.2) is 32.4 Å². The van der Waals surface area contributed by atoms with E-state index in [0.717, 1.165) is 29.7 Å². The Morgan fingerprint density at radius 2 is 1.74 bits per heavy atom. The zero-order valence-corrected chi connectivity index (χ0v) is 17.4. The van der Waals surface area contributed by atoms with Gasteiger partial charge in [0.15, 0.2) is 0 Å². The van der Waals surface area contributed by atoms with Gasteiger partial charge in [-0.05, 0) is 51.7 Å². The number of amides is 1. The summed E-state index contributed by atoms with van der Waals surface area (Å²) in [6.07, 6.45) is 8.22. The molecule has 2 aromatic rings. The van der Waals surface area contributed by atoms with Gasteiger partial charge in [-0.2, -0.15) is 0 Å². The molecular formula is C23H35N3O. The minimum absolute atomic E-state index is 0.221. The average molecular weight is 370 g/mol. The predicted octanol–water partition coefficient (Wildman–Crippen LogP) is 5.51. The number of nitrogens with zero attached hydrogens (tertiary/aromatic N) is 3. The van der Waals surface area contributed by atoms with E-state index in [4.69, 9.17) is 4.98 Å². The summed E-state index contributed by atoms with van der Waals surface area (Å²) in [5.74, 6) is 1.83. The maximum absolute atomic E-state index is 13.4. The summed E-state index contributed by atoms with van der Waals surface area (Å²) in [4.78, 5) is 20.4. The molecular weight excluding hydrogens is 334 g/mol. The zero-order chi connectivity index (χ0) is 19.4. The molecule has 1 aliphatic carbocycles. The minimum atomic E-state index is 0.221. The highest BCUT2D eigenvalue weighted by atomic mass is 16.2. The van der Waals surface area contributed by atoms with Crippen molar-refractivity contribution in [3.05, 3.63) is 30.1 Å². The molecule has 0 bridgehead atoms. The number of para-hydroxylation sites is 2. The topological polar surface area (TPSA) is 38.1 Å². The predicted molar refractivity (Wildman–Crippen MR) is 112 cm³/mol. The van der Waals surface area contributed by atoms with Gasteiger partial charge in [-0.1, -0.05) is 45.2 Å². The molecule has 4 heteroatoms. The average Bonchev–Trinajstić information content (AvgIpc) is 3.07. The summed E-state index contributed by atoms with van der Waals surface area (Å²) in [5.41, 5.74) is 2.11. The SMILES string of the molecule is CCC(C)N(C(=O)Cn1c(C2CCCCC2)nc2ccccc21)C(C)CC. The molecule has 1 aliphatic rings. The van der Waals surface area contributed by atoms with Gasteiger partial charge in [-0.15, -0.1) is 0 Å². The highest BCUT2D eigenvalue weighted by Gasteiger charge is 2.27. The van der Waals surface area contributed by atoms with Gasteiger partial charge in [0.25, 0.3) is 0 Å². The molecule has 2 unspecified atom stereocenters. The Labute approximate surface area is 164 Å². The number of benzene rings is 1. The van der Waals surface area contributed by atoms with Crippen LogP contribution in [0.4, 0.5) is 0 Å². The fraction of sp³-hybridized carbons (Fsp3) is 0.652. The van der Waals surface area contributed by atoms with E-state index in [1.165, 1.54) is 32.1 Å². The Hall–Kier alpha value is -1.84. The number of imidazole rings is 1. The molecule has 1 fully saturated rings. The Bertz CT molecular complexity index is 750. The lowest BCUT2D eigenvalue weighted by atomic mass is 9.88. The summed E-state index contributed by atoms with van der Waals surface area (Å²) < 4.78 is 2.21. The van der Waals surface area contributed by atoms with Crippen molar-refractivity contribution in [1.82, 2.24) is 14.5 Å². The first-order chi connectivity index (χ1) is 13.1. The van der Waals surface area contributed by atoms with E-state index in [9.17, 15) is 4.79 Å². The van der Waals surface area contributed by atoms with Crippen molar-refractivity contribution in [1.29, 1.82) is 0 Å². The van der Waals surface area contributed by atoms with Crippen LogP contribution in [0.1, 0.15) is 84.4 Å². The molecule has 4 nitrogen and oxygen atoms in total. The van der Waals surface area contributed by atoms with Crippen molar-refractivity contribution < 1.29 is 4.79 Å². The van der Waals surface area contributed by atoms with Crippen LogP contribution in [0.25, 0.3) is 11.0 Å². The van der Waals surface area contributed by atoms with Gasteiger partial charge >= 0.3 is 0 Å². The summed E-state index contributed by atoms with van der Waals surface area (Å²) in [7, 11) is 0. The molecule has 1 saturated carbocycles. The first-order valence-corrected chi connectivity index (χ1v) is 10.8. The molecule has 1 aromatic heterocycles. The number of aromatic nitrogens is 2. The van der Waals surface area contributed by atoms with E-state index in [1.54, 1.807) is 0 Å². The van der Waals surface area contributed by atoms with Gasteiger partial charge in [-0.3, -0.25) is 4.79 Å². The molecule has 1 amide bonds. The van der Waals surface area contributed by atoms with E-state index in [0.29, 0.717) is 12.5 Å². The zero-order valence-electron chi connectivity index (χ0n) is 17.4. The molecule has 1 aromatic carbocycles. The summed E-state index contributed by atoms with van der Waals surface area (Å²) >= 11 is 0. The maximum atomic E-state index is 13.4. The van der Waals surface area contributed by atoms with Gasteiger partial charge in [0.2, 0.25) is 5.91 Å². The quantitative estimate of drug-likeness (QED) is 0.645. The van der Waals surface area contributed by atoms with Gasteiger partial charge in [0, 0.05) is 18.0 Å². The molecule has 148 valence electrons. The molecule has 3 rings (SSSR count). The molecule has 27 heavy (non-hydrogen) atoms. The van der Waals surface area contributed by atoms with Crippen molar-refractivity contribution >= 4 is 16.9 Å². The number of hydrogen-bond acceptors (Lipinski definition) is 2. The van der Waals surface area contributed by atoms with Crippen molar-refractivity contribution in [3.63, 3.8) is 0 Å². The number of hydrogen-bond donors (Lipinski definition) is 0. The van der Waals surface area contributed by atoms with Crippen molar-refractivity contribution in [2.75, 3.05) is 0 Å². The van der Waals surface area contributed by atoms with Crippen LogP contribution in [0.5, 0.6) is 0 Å². The number of rotatable bonds is 7. The van der Waals surface area contributed by atoms with E-state index in [2.05, 4.69) is 55.4 Å². The summed E-state index contributed by atoms with van der Waals surface area (Å²) in [6, 6.07) is 8.80. The third-order valence-corrected chi connectivity index (χ3v) is 6.37. The molecule has 0 radical (unpaired) electrons. The monoisotopic (exact) mass is 369 g/mol. The summed E-state index contributed by atoms with van der Waals surface area (Å²) in [5, 5.41) is 0. The minimum Gasteiger partial charge on any atom is -0.336 e. The number of carbonyl (C=O) groups is 1. The first kappa shape index (κ1) is 19.9. The van der Waals surface area contributed by atoms with E-state index < -0.39 is 0 Å². The Balaban J connectivity index is 1.95. The van der Waals surface area contributed by atoms with Crippen LogP contribution in [-0.2, 0) is 11.3 Å². The van der Waals surface area contributed by atoms with Gasteiger partial charge < -0.3 is 9.47 Å². The fourth-order valence-corrected chi connectivity index (χ4v) is 4.47. The molecule has 0 N–H and O–H groups in total. The Morgan fingerprint density at radius 1 is 1.11 bits per heavy atom. The van der Waals surface area contributed by atoms with Crippen molar-refractivity contribution in [2.24, 2.45) is 0 Å². The number of carbonyl (C=O) groups excluding carboxylic acids is 1. The second-order valence-corrected chi connectivity index (χ2v) is 8.20. The summed E-state index contributed by atoms with van der Waals surface area (Å²) in [6.45, 7) is 9.05. The largest absolute Gasteiger partial charge is 0.336 e. The molecule has 0 saturated heterocycles. The lowest BCUT2D eigenvalue weighted by molar-refractivity contribution is -0.136. The first-order valence-electron chi connectivity index (χ1n) is 10.8. The standard InChI is InChI=1S/C23H35N3O/c1-5-17(3)26(18(4)6-2)22(27)16-25-21-15-11-10-14-20(21)24-23(25)19-12-8-7-9-13-19/h10-11,14-15,17-19H,5-9,12-13,16H2,1-4H3. The van der Waals surface area contributed by atoms with Gasteiger partial charge in [0.1, 0.15) is 12.4 Å². The normalized spacial score (nSPS) is 17.8. The molecule has 0 spiro atoms. The van der Waals surface area contributed by atoms with Gasteiger partial charge in [0.05, 0.1) is 11.0 Å². The number of fused-ring (bicyclic) bond motifs is 1. The molecule has 2 atom stereocenters. The highest BCUT2D eigenvalue weighted by Crippen LogP contribution is 2.34. The second kappa shape index (κ2) is 8.90. The third kappa shape index (κ3) is 4.20.